The molecule has 3 aromatic carbocycles. The van der Waals surface area contributed by atoms with Crippen LogP contribution in [0.1, 0.15) is 43.7 Å². The van der Waals surface area contributed by atoms with Gasteiger partial charge in [-0.05, 0) is 74.7 Å². The first-order valence-corrected chi connectivity index (χ1v) is 16.3. The average molecular weight is 681 g/mol. The molecular weight excluding hydrogens is 649 g/mol. The van der Waals surface area contributed by atoms with Crippen LogP contribution in [0.25, 0.3) is 0 Å². The van der Waals surface area contributed by atoms with Crippen molar-refractivity contribution in [1.29, 1.82) is 0 Å². The molecule has 1 saturated carbocycles. The zero-order valence-electron chi connectivity index (χ0n) is 22.8. The van der Waals surface area contributed by atoms with Gasteiger partial charge in [0.25, 0.3) is 10.0 Å². The normalized spacial score (nSPS) is 14.5. The number of amides is 2. The van der Waals surface area contributed by atoms with Gasteiger partial charge in [-0.2, -0.15) is 0 Å². The van der Waals surface area contributed by atoms with Crippen molar-refractivity contribution in [2.24, 2.45) is 0 Å². The molecule has 1 unspecified atom stereocenters. The number of benzene rings is 3. The molecule has 1 fully saturated rings. The Hall–Kier alpha value is -2.59. The predicted octanol–water partition coefficient (Wildman–Crippen LogP) is 6.74. The lowest BCUT2D eigenvalue weighted by Gasteiger charge is -2.32. The van der Waals surface area contributed by atoms with E-state index in [1.165, 1.54) is 35.2 Å². The van der Waals surface area contributed by atoms with Gasteiger partial charge in [0.1, 0.15) is 12.6 Å². The second kappa shape index (κ2) is 13.6. The number of hydrogen-bond acceptors (Lipinski definition) is 4. The minimum atomic E-state index is -4.22. The lowest BCUT2D eigenvalue weighted by molar-refractivity contribution is -0.139. The molecule has 3 aromatic rings. The van der Waals surface area contributed by atoms with Gasteiger partial charge in [-0.1, -0.05) is 81.8 Å². The maximum Gasteiger partial charge on any atom is 0.264 e. The number of anilines is 1. The van der Waals surface area contributed by atoms with Crippen molar-refractivity contribution in [3.05, 3.63) is 92.4 Å². The molecule has 1 atom stereocenters. The molecule has 0 bridgehead atoms. The van der Waals surface area contributed by atoms with Gasteiger partial charge in [0.2, 0.25) is 11.8 Å². The Kier molecular flexibility index (Phi) is 10.4. The monoisotopic (exact) mass is 679 g/mol. The molecule has 0 saturated heterocycles. The number of carbonyl (C=O) groups excluding carboxylic acids is 2. The van der Waals surface area contributed by atoms with E-state index in [-0.39, 0.29) is 39.1 Å². The fourth-order valence-corrected chi connectivity index (χ4v) is 7.22. The largest absolute Gasteiger partial charge is 0.352 e. The summed E-state index contributed by atoms with van der Waals surface area (Å²) in [6, 6.07) is 17.4. The highest BCUT2D eigenvalue weighted by Gasteiger charge is 2.33. The van der Waals surface area contributed by atoms with Gasteiger partial charge < -0.3 is 10.2 Å². The van der Waals surface area contributed by atoms with E-state index in [4.69, 9.17) is 23.2 Å². The smallest absolute Gasteiger partial charge is 0.264 e. The van der Waals surface area contributed by atoms with E-state index < -0.39 is 28.5 Å². The van der Waals surface area contributed by atoms with E-state index in [0.717, 1.165) is 45.6 Å². The highest BCUT2D eigenvalue weighted by molar-refractivity contribution is 9.10. The van der Waals surface area contributed by atoms with Crippen LogP contribution in [0, 0.1) is 6.92 Å². The highest BCUT2D eigenvalue weighted by atomic mass is 79.9. The Morgan fingerprint density at radius 2 is 1.63 bits per heavy atom. The van der Waals surface area contributed by atoms with E-state index in [1.54, 1.807) is 19.1 Å². The third-order valence-corrected chi connectivity index (χ3v) is 9.85. The summed E-state index contributed by atoms with van der Waals surface area (Å²) in [6.45, 7) is 3.05. The molecule has 1 N–H and O–H groups in total. The van der Waals surface area contributed by atoms with Crippen molar-refractivity contribution in [2.45, 2.75) is 63.1 Å². The summed E-state index contributed by atoms with van der Waals surface area (Å²) < 4.78 is 29.7. The number of halogens is 3. The number of carbonyl (C=O) groups is 2. The first-order chi connectivity index (χ1) is 19.4. The number of nitrogens with one attached hydrogen (secondary N) is 1. The summed E-state index contributed by atoms with van der Waals surface area (Å²) in [5, 5.41) is 3.51. The van der Waals surface area contributed by atoms with Crippen LogP contribution in [0.2, 0.25) is 10.0 Å². The molecule has 0 aliphatic heterocycles. The van der Waals surface area contributed by atoms with Gasteiger partial charge >= 0.3 is 0 Å². The number of hydrogen-bond donors (Lipinski definition) is 1. The van der Waals surface area contributed by atoms with Crippen LogP contribution in [0.5, 0.6) is 0 Å². The molecule has 0 radical (unpaired) electrons. The minimum Gasteiger partial charge on any atom is -0.352 e. The third kappa shape index (κ3) is 8.03. The Morgan fingerprint density at radius 3 is 2.24 bits per heavy atom. The van der Waals surface area contributed by atoms with Crippen LogP contribution in [0.15, 0.2) is 76.1 Å². The molecule has 218 valence electrons. The summed E-state index contributed by atoms with van der Waals surface area (Å²) >= 11 is 16.0. The SMILES string of the molecule is Cc1ccc(S(=O)(=O)N(CC(=O)N(Cc2cccc(Br)c2)C(C)C(=O)NC2CCCC2)c2cc(Cl)cc(Cl)c2)cc1. The molecule has 1 aliphatic carbocycles. The van der Waals surface area contributed by atoms with Crippen LogP contribution in [0.4, 0.5) is 5.69 Å². The van der Waals surface area contributed by atoms with Crippen LogP contribution < -0.4 is 9.62 Å². The van der Waals surface area contributed by atoms with Gasteiger partial charge in [-0.15, -0.1) is 0 Å². The summed E-state index contributed by atoms with van der Waals surface area (Å²) in [5.41, 5.74) is 1.81. The van der Waals surface area contributed by atoms with Gasteiger partial charge in [0.05, 0.1) is 10.6 Å². The van der Waals surface area contributed by atoms with Crippen molar-refractivity contribution in [3.63, 3.8) is 0 Å². The second-order valence-corrected chi connectivity index (χ2v) is 13.9. The van der Waals surface area contributed by atoms with Crippen LogP contribution in [0.3, 0.4) is 0 Å². The zero-order chi connectivity index (χ0) is 29.7. The maximum atomic E-state index is 14.1. The van der Waals surface area contributed by atoms with Crippen molar-refractivity contribution in [3.8, 4) is 0 Å². The lowest BCUT2D eigenvalue weighted by atomic mass is 10.1. The first kappa shape index (κ1) is 31.3. The number of nitrogens with zero attached hydrogens (tertiary/aromatic N) is 2. The van der Waals surface area contributed by atoms with Crippen LogP contribution in [-0.4, -0.2) is 43.8 Å². The fraction of sp³-hybridized carbons (Fsp3) is 0.333. The molecule has 7 nitrogen and oxygen atoms in total. The molecule has 1 aliphatic rings. The lowest BCUT2D eigenvalue weighted by Crippen LogP contribution is -2.52. The molecule has 0 spiro atoms. The molecule has 0 aromatic heterocycles. The summed E-state index contributed by atoms with van der Waals surface area (Å²) in [5.74, 6) is -0.829. The minimum absolute atomic E-state index is 0.0116. The first-order valence-electron chi connectivity index (χ1n) is 13.3. The Balaban J connectivity index is 1.71. The van der Waals surface area contributed by atoms with Crippen molar-refractivity contribution >= 4 is 66.7 Å². The van der Waals surface area contributed by atoms with Gasteiger partial charge in [0, 0.05) is 27.1 Å². The predicted molar refractivity (Wildman–Crippen MR) is 167 cm³/mol. The number of rotatable bonds is 10. The van der Waals surface area contributed by atoms with Crippen LogP contribution >= 0.6 is 39.1 Å². The number of sulfonamides is 1. The summed E-state index contributed by atoms with van der Waals surface area (Å²) in [7, 11) is -4.22. The van der Waals surface area contributed by atoms with Gasteiger partial charge in [-0.3, -0.25) is 13.9 Å². The maximum absolute atomic E-state index is 14.1. The average Bonchev–Trinajstić information content (AvgIpc) is 3.42. The standard InChI is InChI=1S/C30H32BrCl2N3O4S/c1-20-10-12-28(13-11-20)41(39,40)36(27-16-24(32)15-25(33)17-27)19-29(37)35(18-22-6-5-7-23(31)14-22)21(2)30(38)34-26-8-3-4-9-26/h5-7,10-17,21,26H,3-4,8-9,18-19H2,1-2H3,(H,34,38). The van der Waals surface area contributed by atoms with Gasteiger partial charge in [-0.25, -0.2) is 8.42 Å². The Morgan fingerprint density at radius 1 is 1.00 bits per heavy atom. The van der Waals surface area contributed by atoms with E-state index in [1.807, 2.05) is 31.2 Å². The Bertz CT molecular complexity index is 1490. The molecule has 41 heavy (non-hydrogen) atoms. The van der Waals surface area contributed by atoms with E-state index >= 15 is 0 Å². The van der Waals surface area contributed by atoms with Gasteiger partial charge in [0.15, 0.2) is 0 Å². The summed E-state index contributed by atoms with van der Waals surface area (Å²) in [6.07, 6.45) is 3.90. The van der Waals surface area contributed by atoms with Crippen LogP contribution in [-0.2, 0) is 26.2 Å². The zero-order valence-corrected chi connectivity index (χ0v) is 26.7. The third-order valence-electron chi connectivity index (χ3n) is 7.13. The van der Waals surface area contributed by atoms with Crippen molar-refractivity contribution in [1.82, 2.24) is 10.2 Å². The molecular formula is C30H32BrCl2N3O4S. The Labute approximate surface area is 260 Å². The molecule has 0 heterocycles. The highest BCUT2D eigenvalue weighted by Crippen LogP contribution is 2.30. The molecule has 11 heteroatoms. The van der Waals surface area contributed by atoms with Crippen molar-refractivity contribution in [2.75, 3.05) is 10.8 Å². The second-order valence-electron chi connectivity index (χ2n) is 10.3. The fourth-order valence-electron chi connectivity index (χ4n) is 4.86. The molecule has 4 rings (SSSR count). The van der Waals surface area contributed by atoms with Crippen molar-refractivity contribution < 1.29 is 18.0 Å². The van der Waals surface area contributed by atoms with E-state index in [9.17, 15) is 18.0 Å². The molecule has 2 amide bonds. The topological polar surface area (TPSA) is 86.8 Å². The van der Waals surface area contributed by atoms with E-state index in [0.29, 0.717) is 0 Å². The quantitative estimate of drug-likeness (QED) is 0.257. The van der Waals surface area contributed by atoms with E-state index in [2.05, 4.69) is 21.2 Å². The summed E-state index contributed by atoms with van der Waals surface area (Å²) in [4.78, 5) is 28.8. The number of aryl methyl sites for hydroxylation is 1.